The highest BCUT2D eigenvalue weighted by Crippen LogP contribution is 2.29. The fourth-order valence-electron chi connectivity index (χ4n) is 2.10. The molecular formula is C15H13N3OS. The van der Waals surface area contributed by atoms with Crippen LogP contribution in [0.5, 0.6) is 0 Å². The lowest BCUT2D eigenvalue weighted by Gasteiger charge is -1.99. The lowest BCUT2D eigenvalue weighted by atomic mass is 10.1. The predicted molar refractivity (Wildman–Crippen MR) is 81.3 cm³/mol. The molecule has 0 atom stereocenters. The molecule has 0 aliphatic carbocycles. The van der Waals surface area contributed by atoms with Gasteiger partial charge in [-0.3, -0.25) is 15.1 Å². The number of rotatable bonds is 2. The van der Waals surface area contributed by atoms with Gasteiger partial charge in [-0.2, -0.15) is 0 Å². The van der Waals surface area contributed by atoms with E-state index < -0.39 is 0 Å². The zero-order chi connectivity index (χ0) is 14.1. The van der Waals surface area contributed by atoms with E-state index in [1.165, 1.54) is 22.5 Å². The first-order chi connectivity index (χ1) is 9.63. The highest BCUT2D eigenvalue weighted by molar-refractivity contribution is 7.22. The summed E-state index contributed by atoms with van der Waals surface area (Å²) in [5.74, 6) is -0.166. The molecule has 100 valence electrons. The molecule has 5 heteroatoms. The van der Waals surface area contributed by atoms with Crippen molar-refractivity contribution in [2.75, 3.05) is 5.32 Å². The molecule has 1 N–H and O–H groups in total. The van der Waals surface area contributed by atoms with Gasteiger partial charge in [-0.05, 0) is 43.2 Å². The summed E-state index contributed by atoms with van der Waals surface area (Å²) in [5.41, 5.74) is 3.86. The summed E-state index contributed by atoms with van der Waals surface area (Å²) in [5, 5.41) is 3.46. The van der Waals surface area contributed by atoms with E-state index in [4.69, 9.17) is 0 Å². The van der Waals surface area contributed by atoms with Crippen LogP contribution in [0.15, 0.2) is 36.7 Å². The van der Waals surface area contributed by atoms with E-state index in [1.807, 2.05) is 13.0 Å². The van der Waals surface area contributed by atoms with Crippen molar-refractivity contribution >= 4 is 32.6 Å². The zero-order valence-corrected chi connectivity index (χ0v) is 12.0. The van der Waals surface area contributed by atoms with Crippen molar-refractivity contribution in [1.29, 1.82) is 0 Å². The molecule has 0 fully saturated rings. The Morgan fingerprint density at radius 1 is 1.20 bits per heavy atom. The molecular weight excluding hydrogens is 270 g/mol. The van der Waals surface area contributed by atoms with Gasteiger partial charge in [-0.1, -0.05) is 17.4 Å². The van der Waals surface area contributed by atoms with E-state index in [0.29, 0.717) is 10.7 Å². The van der Waals surface area contributed by atoms with Crippen LogP contribution in [0.2, 0.25) is 0 Å². The average molecular weight is 283 g/mol. The van der Waals surface area contributed by atoms with E-state index in [9.17, 15) is 4.79 Å². The number of fused-ring (bicyclic) bond motifs is 1. The lowest BCUT2D eigenvalue weighted by molar-refractivity contribution is 0.102. The molecule has 0 spiro atoms. The number of nitrogens with one attached hydrogen (secondary N) is 1. The number of hydrogen-bond acceptors (Lipinski definition) is 4. The van der Waals surface area contributed by atoms with Gasteiger partial charge in [-0.25, -0.2) is 4.98 Å². The second kappa shape index (κ2) is 5.02. The van der Waals surface area contributed by atoms with Gasteiger partial charge in [0, 0.05) is 18.0 Å². The van der Waals surface area contributed by atoms with Gasteiger partial charge in [0.1, 0.15) is 0 Å². The van der Waals surface area contributed by atoms with Gasteiger partial charge < -0.3 is 0 Å². The number of thiazole rings is 1. The van der Waals surface area contributed by atoms with E-state index in [-0.39, 0.29) is 5.91 Å². The highest BCUT2D eigenvalue weighted by atomic mass is 32.1. The highest BCUT2D eigenvalue weighted by Gasteiger charge is 2.11. The van der Waals surface area contributed by atoms with Crippen LogP contribution in [0.25, 0.3) is 10.2 Å². The molecule has 0 aliphatic rings. The number of hydrogen-bond donors (Lipinski definition) is 1. The Labute approximate surface area is 120 Å². The molecule has 2 heterocycles. The number of aromatic nitrogens is 2. The predicted octanol–water partition coefficient (Wildman–Crippen LogP) is 3.56. The van der Waals surface area contributed by atoms with Crippen molar-refractivity contribution in [2.24, 2.45) is 0 Å². The Kier molecular flexibility index (Phi) is 3.20. The third kappa shape index (κ3) is 2.40. The van der Waals surface area contributed by atoms with Gasteiger partial charge >= 0.3 is 0 Å². The van der Waals surface area contributed by atoms with Crippen molar-refractivity contribution in [2.45, 2.75) is 13.8 Å². The number of carbonyl (C=O) groups excluding carboxylic acids is 1. The minimum Gasteiger partial charge on any atom is -0.298 e. The number of amides is 1. The fourth-order valence-corrected chi connectivity index (χ4v) is 3.01. The van der Waals surface area contributed by atoms with Crippen LogP contribution in [0.4, 0.5) is 5.13 Å². The van der Waals surface area contributed by atoms with Gasteiger partial charge in [0.2, 0.25) is 0 Å². The lowest BCUT2D eigenvalue weighted by Crippen LogP contribution is -2.11. The Morgan fingerprint density at radius 3 is 2.70 bits per heavy atom. The summed E-state index contributed by atoms with van der Waals surface area (Å²) in [6.07, 6.45) is 3.20. The summed E-state index contributed by atoms with van der Waals surface area (Å²) in [7, 11) is 0. The van der Waals surface area contributed by atoms with E-state index in [1.54, 1.807) is 24.5 Å². The molecule has 1 aromatic carbocycles. The van der Waals surface area contributed by atoms with Crippen LogP contribution >= 0.6 is 11.3 Å². The molecule has 0 aliphatic heterocycles. The van der Waals surface area contributed by atoms with E-state index in [0.717, 1.165) is 10.2 Å². The Bertz CT molecular complexity index is 780. The Hall–Kier alpha value is -2.27. The topological polar surface area (TPSA) is 54.9 Å². The molecule has 3 aromatic rings. The first-order valence-electron chi connectivity index (χ1n) is 6.22. The second-order valence-corrected chi connectivity index (χ2v) is 5.64. The third-order valence-electron chi connectivity index (χ3n) is 2.98. The number of anilines is 1. The van der Waals surface area contributed by atoms with Crippen LogP contribution in [-0.2, 0) is 0 Å². The minimum absolute atomic E-state index is 0.166. The standard InChI is InChI=1S/C15H13N3OS/c1-9-7-10(2)13-12(8-9)17-15(20-13)18-14(19)11-3-5-16-6-4-11/h3-8H,1-2H3,(H,17,18,19). The zero-order valence-electron chi connectivity index (χ0n) is 11.2. The first kappa shape index (κ1) is 12.7. The molecule has 0 radical (unpaired) electrons. The maximum Gasteiger partial charge on any atom is 0.257 e. The maximum atomic E-state index is 12.1. The van der Waals surface area contributed by atoms with Crippen LogP contribution in [0.3, 0.4) is 0 Å². The quantitative estimate of drug-likeness (QED) is 0.782. The number of aryl methyl sites for hydroxylation is 2. The fraction of sp³-hybridized carbons (Fsp3) is 0.133. The Morgan fingerprint density at radius 2 is 1.95 bits per heavy atom. The van der Waals surface area contributed by atoms with Crippen molar-refractivity contribution in [1.82, 2.24) is 9.97 Å². The monoisotopic (exact) mass is 283 g/mol. The summed E-state index contributed by atoms with van der Waals surface area (Å²) in [6, 6.07) is 7.51. The van der Waals surface area contributed by atoms with E-state index >= 15 is 0 Å². The van der Waals surface area contributed by atoms with Crippen molar-refractivity contribution in [3.63, 3.8) is 0 Å². The molecule has 1 amide bonds. The summed E-state index contributed by atoms with van der Waals surface area (Å²) >= 11 is 1.50. The maximum absolute atomic E-state index is 12.1. The van der Waals surface area contributed by atoms with Crippen LogP contribution in [0, 0.1) is 13.8 Å². The van der Waals surface area contributed by atoms with Crippen LogP contribution in [-0.4, -0.2) is 15.9 Å². The number of carbonyl (C=O) groups is 1. The van der Waals surface area contributed by atoms with Crippen LogP contribution < -0.4 is 5.32 Å². The summed E-state index contributed by atoms with van der Waals surface area (Å²) < 4.78 is 1.11. The molecule has 0 unspecified atom stereocenters. The number of benzene rings is 1. The van der Waals surface area contributed by atoms with Gasteiger partial charge in [0.05, 0.1) is 10.2 Å². The molecule has 0 bridgehead atoms. The SMILES string of the molecule is Cc1cc(C)c2sc(NC(=O)c3ccncc3)nc2c1. The van der Waals surface area contributed by atoms with Gasteiger partial charge in [-0.15, -0.1) is 0 Å². The van der Waals surface area contributed by atoms with Crippen LogP contribution in [0.1, 0.15) is 21.5 Å². The molecule has 2 aromatic heterocycles. The van der Waals surface area contributed by atoms with Crippen molar-refractivity contribution in [3.8, 4) is 0 Å². The second-order valence-electron chi connectivity index (χ2n) is 4.64. The molecule has 0 saturated carbocycles. The number of pyridine rings is 1. The molecule has 0 saturated heterocycles. The molecule has 3 rings (SSSR count). The summed E-state index contributed by atoms with van der Waals surface area (Å²) in [6.45, 7) is 4.10. The summed E-state index contributed by atoms with van der Waals surface area (Å²) in [4.78, 5) is 20.4. The van der Waals surface area contributed by atoms with Crippen molar-refractivity contribution in [3.05, 3.63) is 53.3 Å². The van der Waals surface area contributed by atoms with Crippen molar-refractivity contribution < 1.29 is 4.79 Å². The normalized spacial score (nSPS) is 10.7. The third-order valence-corrected chi connectivity index (χ3v) is 4.11. The van der Waals surface area contributed by atoms with E-state index in [2.05, 4.69) is 28.3 Å². The number of nitrogens with zero attached hydrogens (tertiary/aromatic N) is 2. The van der Waals surface area contributed by atoms with Gasteiger partial charge in [0.15, 0.2) is 5.13 Å². The smallest absolute Gasteiger partial charge is 0.257 e. The first-order valence-corrected chi connectivity index (χ1v) is 7.04. The molecule has 4 nitrogen and oxygen atoms in total. The Balaban J connectivity index is 1.92. The van der Waals surface area contributed by atoms with Gasteiger partial charge in [0.25, 0.3) is 5.91 Å². The average Bonchev–Trinajstić information content (AvgIpc) is 2.82. The molecule has 20 heavy (non-hydrogen) atoms. The minimum atomic E-state index is -0.166. The largest absolute Gasteiger partial charge is 0.298 e.